The topological polar surface area (TPSA) is 97.3 Å². The molecular weight excluding hydrogens is 390 g/mol. The maximum absolute atomic E-state index is 13.1. The molecule has 29 heavy (non-hydrogen) atoms. The summed E-state index contributed by atoms with van der Waals surface area (Å²) in [6, 6.07) is 11.7. The molecule has 0 aliphatic carbocycles. The van der Waals surface area contributed by atoms with Gasteiger partial charge in [0, 0.05) is 28.7 Å². The minimum absolute atomic E-state index is 0.222. The average Bonchev–Trinajstić information content (AvgIpc) is 2.61. The fraction of sp³-hybridized carbons (Fsp3) is 0.273. The molecular formula is C22H24ClN3O3. The van der Waals surface area contributed by atoms with Gasteiger partial charge in [-0.15, -0.1) is 0 Å². The molecule has 3 rings (SSSR count). The zero-order valence-electron chi connectivity index (χ0n) is 16.8. The fourth-order valence-corrected chi connectivity index (χ4v) is 3.83. The van der Waals surface area contributed by atoms with Crippen molar-refractivity contribution in [3.63, 3.8) is 0 Å². The number of amides is 1. The van der Waals surface area contributed by atoms with Crippen LogP contribution in [0.4, 0.5) is 10.5 Å². The number of nitrogen functional groups attached to an aromatic ring is 1. The van der Waals surface area contributed by atoms with Crippen LogP contribution < -0.4 is 16.6 Å². The van der Waals surface area contributed by atoms with Gasteiger partial charge in [0.15, 0.2) is 0 Å². The van der Waals surface area contributed by atoms with E-state index in [4.69, 9.17) is 17.3 Å². The molecule has 7 heteroatoms. The number of nitrogens with one attached hydrogen (secondary N) is 1. The van der Waals surface area contributed by atoms with Crippen LogP contribution in [-0.2, 0) is 7.05 Å². The standard InChI is InChI=1S/C22H24ClN3O3/c1-22(2,3)19(25-21(28)29)18-17(12-6-5-7-14(24)10-12)16-11-13(23)8-9-15(16)20(27)26(18)4/h5-11,19,25H,24H2,1-4H3,(H,28,29). The first-order valence-electron chi connectivity index (χ1n) is 9.18. The number of hydrogen-bond donors (Lipinski definition) is 3. The zero-order valence-corrected chi connectivity index (χ0v) is 17.5. The molecule has 0 aliphatic heterocycles. The second-order valence-corrected chi connectivity index (χ2v) is 8.62. The predicted octanol–water partition coefficient (Wildman–Crippen LogP) is 4.80. The Bertz CT molecular complexity index is 1160. The summed E-state index contributed by atoms with van der Waals surface area (Å²) in [6.07, 6.45) is -1.16. The maximum atomic E-state index is 13.1. The number of halogens is 1. The lowest BCUT2D eigenvalue weighted by Crippen LogP contribution is -2.39. The number of nitrogens with zero attached hydrogens (tertiary/aromatic N) is 1. The number of anilines is 1. The summed E-state index contributed by atoms with van der Waals surface area (Å²) in [5.74, 6) is 0. The molecule has 0 spiro atoms. The zero-order chi connectivity index (χ0) is 21.5. The Morgan fingerprint density at radius 1 is 1.17 bits per heavy atom. The number of carboxylic acid groups (broad SMARTS) is 1. The van der Waals surface area contributed by atoms with Gasteiger partial charge in [-0.25, -0.2) is 4.79 Å². The van der Waals surface area contributed by atoms with Crippen molar-refractivity contribution in [1.29, 1.82) is 0 Å². The summed E-state index contributed by atoms with van der Waals surface area (Å²) in [5, 5.41) is 13.7. The number of carbonyl (C=O) groups is 1. The second-order valence-electron chi connectivity index (χ2n) is 8.19. The summed E-state index contributed by atoms with van der Waals surface area (Å²) >= 11 is 6.26. The van der Waals surface area contributed by atoms with Crippen LogP contribution in [0.25, 0.3) is 21.9 Å². The minimum atomic E-state index is -1.16. The van der Waals surface area contributed by atoms with E-state index in [9.17, 15) is 14.7 Å². The SMILES string of the molecule is Cn1c(C(NC(=O)O)C(C)(C)C)c(-c2cccc(N)c2)c2cc(Cl)ccc2c1=O. The molecule has 3 aromatic rings. The lowest BCUT2D eigenvalue weighted by Gasteiger charge is -2.34. The number of nitrogens with two attached hydrogens (primary N) is 1. The average molecular weight is 414 g/mol. The van der Waals surface area contributed by atoms with Crippen LogP contribution >= 0.6 is 11.6 Å². The molecule has 0 bridgehead atoms. The number of fused-ring (bicyclic) bond motifs is 1. The summed E-state index contributed by atoms with van der Waals surface area (Å²) in [5.41, 5.74) is 7.93. The van der Waals surface area contributed by atoms with Gasteiger partial charge in [-0.05, 0) is 46.7 Å². The Morgan fingerprint density at radius 3 is 2.45 bits per heavy atom. The molecule has 0 saturated heterocycles. The lowest BCUT2D eigenvalue weighted by atomic mass is 9.81. The van der Waals surface area contributed by atoms with Crippen molar-refractivity contribution in [2.45, 2.75) is 26.8 Å². The summed E-state index contributed by atoms with van der Waals surface area (Å²) in [6.45, 7) is 5.76. The highest BCUT2D eigenvalue weighted by atomic mass is 35.5. The third kappa shape index (κ3) is 3.93. The maximum Gasteiger partial charge on any atom is 0.405 e. The minimum Gasteiger partial charge on any atom is -0.465 e. The smallest absolute Gasteiger partial charge is 0.405 e. The van der Waals surface area contributed by atoms with Crippen molar-refractivity contribution in [2.24, 2.45) is 12.5 Å². The molecule has 1 unspecified atom stereocenters. The molecule has 1 heterocycles. The summed E-state index contributed by atoms with van der Waals surface area (Å²) < 4.78 is 1.51. The molecule has 1 atom stereocenters. The Hall–Kier alpha value is -2.99. The molecule has 1 aromatic heterocycles. The van der Waals surface area contributed by atoms with Gasteiger partial charge in [0.1, 0.15) is 0 Å². The molecule has 4 N–H and O–H groups in total. The van der Waals surface area contributed by atoms with E-state index >= 15 is 0 Å². The Kier molecular flexibility index (Phi) is 5.32. The number of benzene rings is 2. The first-order chi connectivity index (χ1) is 13.5. The van der Waals surface area contributed by atoms with E-state index in [1.54, 1.807) is 31.3 Å². The van der Waals surface area contributed by atoms with E-state index in [2.05, 4.69) is 5.32 Å². The van der Waals surface area contributed by atoms with Crippen molar-refractivity contribution in [3.05, 3.63) is 63.5 Å². The van der Waals surface area contributed by atoms with Gasteiger partial charge in [0.2, 0.25) is 0 Å². The van der Waals surface area contributed by atoms with E-state index < -0.39 is 17.6 Å². The van der Waals surface area contributed by atoms with Gasteiger partial charge < -0.3 is 20.7 Å². The molecule has 0 fully saturated rings. The van der Waals surface area contributed by atoms with Crippen LogP contribution in [0.3, 0.4) is 0 Å². The Labute approximate surface area is 173 Å². The summed E-state index contributed by atoms with van der Waals surface area (Å²) in [4.78, 5) is 24.8. The molecule has 0 saturated carbocycles. The highest BCUT2D eigenvalue weighted by molar-refractivity contribution is 6.31. The number of pyridine rings is 1. The third-order valence-electron chi connectivity index (χ3n) is 4.99. The number of aromatic nitrogens is 1. The molecule has 0 aliphatic rings. The number of rotatable bonds is 3. The van der Waals surface area contributed by atoms with Crippen LogP contribution in [0.1, 0.15) is 32.5 Å². The summed E-state index contributed by atoms with van der Waals surface area (Å²) in [7, 11) is 1.66. The van der Waals surface area contributed by atoms with Crippen LogP contribution in [0.2, 0.25) is 5.02 Å². The van der Waals surface area contributed by atoms with Crippen molar-refractivity contribution in [1.82, 2.24) is 9.88 Å². The van der Waals surface area contributed by atoms with Crippen molar-refractivity contribution < 1.29 is 9.90 Å². The highest BCUT2D eigenvalue weighted by Crippen LogP contribution is 2.41. The van der Waals surface area contributed by atoms with E-state index in [-0.39, 0.29) is 5.56 Å². The van der Waals surface area contributed by atoms with Crippen LogP contribution in [0.15, 0.2) is 47.3 Å². The largest absolute Gasteiger partial charge is 0.465 e. The van der Waals surface area contributed by atoms with Gasteiger partial charge in [0.05, 0.1) is 11.7 Å². The fourth-order valence-electron chi connectivity index (χ4n) is 3.66. The van der Waals surface area contributed by atoms with Gasteiger partial charge in [0.25, 0.3) is 5.56 Å². The van der Waals surface area contributed by atoms with Crippen LogP contribution in [-0.4, -0.2) is 15.8 Å². The first kappa shape index (κ1) is 20.7. The van der Waals surface area contributed by atoms with Gasteiger partial charge in [-0.3, -0.25) is 4.79 Å². The van der Waals surface area contributed by atoms with Gasteiger partial charge in [-0.1, -0.05) is 44.5 Å². The third-order valence-corrected chi connectivity index (χ3v) is 5.22. The lowest BCUT2D eigenvalue weighted by molar-refractivity contribution is 0.173. The van der Waals surface area contributed by atoms with Gasteiger partial charge in [-0.2, -0.15) is 0 Å². The van der Waals surface area contributed by atoms with E-state index in [0.717, 1.165) is 11.1 Å². The normalized spacial score (nSPS) is 12.7. The van der Waals surface area contributed by atoms with Gasteiger partial charge >= 0.3 is 6.09 Å². The Morgan fingerprint density at radius 2 is 1.86 bits per heavy atom. The van der Waals surface area contributed by atoms with E-state index in [1.807, 2.05) is 39.0 Å². The quantitative estimate of drug-likeness (QED) is 0.537. The monoisotopic (exact) mass is 413 g/mol. The molecule has 152 valence electrons. The van der Waals surface area contributed by atoms with Crippen molar-refractivity contribution in [3.8, 4) is 11.1 Å². The Balaban J connectivity index is 2.54. The first-order valence-corrected chi connectivity index (χ1v) is 9.56. The van der Waals surface area contributed by atoms with E-state index in [0.29, 0.717) is 27.2 Å². The number of hydrogen-bond acceptors (Lipinski definition) is 3. The van der Waals surface area contributed by atoms with Crippen LogP contribution in [0, 0.1) is 5.41 Å². The highest BCUT2D eigenvalue weighted by Gasteiger charge is 2.33. The molecule has 1 amide bonds. The van der Waals surface area contributed by atoms with Crippen LogP contribution in [0.5, 0.6) is 0 Å². The molecule has 6 nitrogen and oxygen atoms in total. The van der Waals surface area contributed by atoms with Crippen molar-refractivity contribution in [2.75, 3.05) is 5.73 Å². The molecule has 2 aromatic carbocycles. The molecule has 0 radical (unpaired) electrons. The predicted molar refractivity (Wildman–Crippen MR) is 117 cm³/mol. The second kappa shape index (κ2) is 7.44. The van der Waals surface area contributed by atoms with E-state index in [1.165, 1.54) is 4.57 Å². The van der Waals surface area contributed by atoms with Crippen molar-refractivity contribution >= 4 is 34.2 Å².